The molecule has 0 saturated carbocycles. The van der Waals surface area contributed by atoms with Crippen LogP contribution in [0.2, 0.25) is 0 Å². The molecule has 0 spiro atoms. The molecular weight excluding hydrogens is 188 g/mol. The number of nitrogens with zero attached hydrogens (tertiary/aromatic N) is 4. The summed E-state index contributed by atoms with van der Waals surface area (Å²) in [5, 5.41) is 24.6. The van der Waals surface area contributed by atoms with E-state index in [2.05, 4.69) is 24.1 Å². The van der Waals surface area contributed by atoms with Gasteiger partial charge in [0.05, 0.1) is 12.1 Å². The Hall–Kier alpha value is -1.42. The number of hydrogen-bond donors (Lipinski definition) is 0. The maximum Gasteiger partial charge on any atom is 0.164 e. The lowest BCUT2D eigenvalue weighted by molar-refractivity contribution is 0.534. The summed E-state index contributed by atoms with van der Waals surface area (Å²) in [4.78, 5) is 0. The monoisotopic (exact) mass is 208 g/mol. The fourth-order valence-corrected chi connectivity index (χ4v) is 0.412. The van der Waals surface area contributed by atoms with Crippen molar-refractivity contribution in [2.24, 2.45) is 10.2 Å². The van der Waals surface area contributed by atoms with Crippen LogP contribution >= 0.6 is 0 Å². The summed E-state index contributed by atoms with van der Waals surface area (Å²) < 4.78 is 0. The fourth-order valence-electron chi connectivity index (χ4n) is 0.412. The average Bonchev–Trinajstić information content (AvgIpc) is 2.26. The van der Waals surface area contributed by atoms with Crippen molar-refractivity contribution in [3.63, 3.8) is 0 Å². The van der Waals surface area contributed by atoms with Gasteiger partial charge in [-0.05, 0) is 20.3 Å². The van der Waals surface area contributed by atoms with E-state index < -0.39 is 11.6 Å². The normalized spacial score (nSPS) is 15.4. The highest BCUT2D eigenvalue weighted by Crippen LogP contribution is 2.14. The first-order valence-electron chi connectivity index (χ1n) is 5.22. The molecule has 84 valence electrons. The predicted molar refractivity (Wildman–Crippen MR) is 60.2 cm³/mol. The van der Waals surface area contributed by atoms with Crippen LogP contribution in [-0.4, -0.2) is 11.6 Å². The van der Waals surface area contributed by atoms with E-state index >= 15 is 0 Å². The Morgan fingerprint density at radius 2 is 1.73 bits per heavy atom. The largest absolute Gasteiger partial charge is 0.196 e. The van der Waals surface area contributed by atoms with Crippen LogP contribution in [0.15, 0.2) is 10.2 Å². The van der Waals surface area contributed by atoms with Crippen LogP contribution in [0.5, 0.6) is 0 Å². The van der Waals surface area contributed by atoms with Gasteiger partial charge in [-0.25, -0.2) is 0 Å². The molecule has 0 aromatic heterocycles. The molecule has 2 unspecified atom stereocenters. The molecule has 0 bridgehead atoms. The minimum atomic E-state index is -0.773. The highest BCUT2D eigenvalue weighted by molar-refractivity contribution is 5.02. The number of azo groups is 1. The number of nitriles is 2. The fraction of sp³-hybridized carbons (Fsp3) is 0.818. The topological polar surface area (TPSA) is 72.3 Å². The van der Waals surface area contributed by atoms with E-state index in [0.717, 1.165) is 0 Å². The van der Waals surface area contributed by atoms with Gasteiger partial charge in [0.2, 0.25) is 0 Å². The molecule has 0 amide bonds. The van der Waals surface area contributed by atoms with Crippen LogP contribution in [0.1, 0.15) is 47.5 Å². The maximum atomic E-state index is 8.68. The number of hydrogen-bond acceptors (Lipinski definition) is 4. The van der Waals surface area contributed by atoms with Crippen molar-refractivity contribution >= 4 is 0 Å². The average molecular weight is 208 g/mol. The summed E-state index contributed by atoms with van der Waals surface area (Å²) in [5.74, 6) is 0. The summed E-state index contributed by atoms with van der Waals surface area (Å²) in [5.41, 5.74) is -0.773. The zero-order valence-corrected chi connectivity index (χ0v) is 10.3. The standard InChI is InChI=1S/C8H12N4.C3H8/c1-4-8(3,6-10)12-11-7(2)5-9;1-3-2/h7H,4H2,1-3H3;3H2,1-2H3. The molecule has 0 aliphatic heterocycles. The third-order valence-corrected chi connectivity index (χ3v) is 1.57. The SMILES string of the molecule is CCC.CCC(C)(C#N)N=NC(C)C#N. The third kappa shape index (κ3) is 8.90. The zero-order valence-electron chi connectivity index (χ0n) is 10.3. The van der Waals surface area contributed by atoms with Gasteiger partial charge in [0.1, 0.15) is 0 Å². The Kier molecular flexibility index (Phi) is 9.77. The van der Waals surface area contributed by atoms with Crippen LogP contribution in [-0.2, 0) is 0 Å². The summed E-state index contributed by atoms with van der Waals surface area (Å²) in [6.07, 6.45) is 1.85. The maximum absolute atomic E-state index is 8.68. The van der Waals surface area contributed by atoms with Gasteiger partial charge in [-0.3, -0.25) is 0 Å². The number of rotatable bonds is 3. The van der Waals surface area contributed by atoms with Crippen LogP contribution < -0.4 is 0 Å². The Morgan fingerprint density at radius 1 is 1.27 bits per heavy atom. The third-order valence-electron chi connectivity index (χ3n) is 1.57. The molecule has 0 aromatic carbocycles. The summed E-state index contributed by atoms with van der Waals surface area (Å²) in [7, 11) is 0. The van der Waals surface area contributed by atoms with E-state index in [-0.39, 0.29) is 0 Å². The molecule has 4 heteroatoms. The van der Waals surface area contributed by atoms with Gasteiger partial charge in [-0.2, -0.15) is 20.8 Å². The van der Waals surface area contributed by atoms with E-state index in [9.17, 15) is 0 Å². The second-order valence-electron chi connectivity index (χ2n) is 3.47. The molecular formula is C11H20N4. The van der Waals surface area contributed by atoms with Gasteiger partial charge in [0, 0.05) is 0 Å². The minimum Gasteiger partial charge on any atom is -0.196 e. The molecule has 15 heavy (non-hydrogen) atoms. The van der Waals surface area contributed by atoms with Crippen LogP contribution in [0, 0.1) is 22.7 Å². The molecule has 0 aromatic rings. The molecule has 0 aliphatic carbocycles. The van der Waals surface area contributed by atoms with E-state index in [1.165, 1.54) is 6.42 Å². The van der Waals surface area contributed by atoms with Crippen molar-refractivity contribution in [3.05, 3.63) is 0 Å². The Balaban J connectivity index is 0. The highest BCUT2D eigenvalue weighted by Gasteiger charge is 2.20. The van der Waals surface area contributed by atoms with Gasteiger partial charge in [-0.15, -0.1) is 0 Å². The second-order valence-corrected chi connectivity index (χ2v) is 3.47. The van der Waals surface area contributed by atoms with Crippen molar-refractivity contribution in [1.29, 1.82) is 10.5 Å². The van der Waals surface area contributed by atoms with Crippen molar-refractivity contribution < 1.29 is 0 Å². The lowest BCUT2D eigenvalue weighted by atomic mass is 10.0. The van der Waals surface area contributed by atoms with E-state index in [1.807, 2.05) is 19.1 Å². The Morgan fingerprint density at radius 3 is 2.00 bits per heavy atom. The van der Waals surface area contributed by atoms with Crippen molar-refractivity contribution in [1.82, 2.24) is 0 Å². The molecule has 0 aliphatic rings. The smallest absolute Gasteiger partial charge is 0.164 e. The van der Waals surface area contributed by atoms with Crippen LogP contribution in [0.3, 0.4) is 0 Å². The highest BCUT2D eigenvalue weighted by atomic mass is 15.2. The molecule has 0 N–H and O–H groups in total. The Labute approximate surface area is 92.6 Å². The van der Waals surface area contributed by atoms with Gasteiger partial charge >= 0.3 is 0 Å². The molecule has 4 nitrogen and oxygen atoms in total. The van der Waals surface area contributed by atoms with E-state index in [1.54, 1.807) is 13.8 Å². The van der Waals surface area contributed by atoms with Crippen molar-refractivity contribution in [3.8, 4) is 12.1 Å². The lowest BCUT2D eigenvalue weighted by Crippen LogP contribution is -2.17. The summed E-state index contributed by atoms with van der Waals surface area (Å²) in [6.45, 7) is 9.44. The molecule has 2 atom stereocenters. The van der Waals surface area contributed by atoms with Gasteiger partial charge in [0.25, 0.3) is 0 Å². The summed E-state index contributed by atoms with van der Waals surface area (Å²) >= 11 is 0. The van der Waals surface area contributed by atoms with Crippen molar-refractivity contribution in [2.45, 2.75) is 59.0 Å². The first-order chi connectivity index (χ1) is 6.99. The minimum absolute atomic E-state index is 0.468. The first kappa shape index (κ1) is 16.0. The molecule has 0 heterocycles. The first-order valence-corrected chi connectivity index (χ1v) is 5.22. The molecule has 0 saturated heterocycles. The molecule has 0 radical (unpaired) electrons. The predicted octanol–water partition coefficient (Wildman–Crippen LogP) is 3.46. The van der Waals surface area contributed by atoms with E-state index in [0.29, 0.717) is 6.42 Å². The van der Waals surface area contributed by atoms with E-state index in [4.69, 9.17) is 10.5 Å². The Bertz CT molecular complexity index is 259. The van der Waals surface area contributed by atoms with Crippen LogP contribution in [0.25, 0.3) is 0 Å². The van der Waals surface area contributed by atoms with Gasteiger partial charge < -0.3 is 0 Å². The lowest BCUT2D eigenvalue weighted by Gasteiger charge is -2.10. The zero-order chi connectivity index (χ0) is 12.3. The van der Waals surface area contributed by atoms with Crippen molar-refractivity contribution in [2.75, 3.05) is 0 Å². The second kappa shape index (κ2) is 9.15. The van der Waals surface area contributed by atoms with Crippen LogP contribution in [0.4, 0.5) is 0 Å². The van der Waals surface area contributed by atoms with Gasteiger partial charge in [-0.1, -0.05) is 27.2 Å². The summed E-state index contributed by atoms with van der Waals surface area (Å²) in [6, 6.07) is 3.49. The molecule has 0 fully saturated rings. The van der Waals surface area contributed by atoms with Gasteiger partial charge in [0.15, 0.2) is 11.6 Å². The quantitative estimate of drug-likeness (QED) is 0.666. The molecule has 0 rings (SSSR count).